The second-order valence-corrected chi connectivity index (χ2v) is 4.92. The lowest BCUT2D eigenvalue weighted by Crippen LogP contribution is -2.12. The fourth-order valence-corrected chi connectivity index (χ4v) is 2.22. The average Bonchev–Trinajstić information content (AvgIpc) is 2.54. The van der Waals surface area contributed by atoms with Gasteiger partial charge in [0.05, 0.1) is 13.7 Å². The number of aromatic nitrogens is 1. The summed E-state index contributed by atoms with van der Waals surface area (Å²) in [5.41, 5.74) is 1.19. The zero-order valence-electron chi connectivity index (χ0n) is 13.3. The van der Waals surface area contributed by atoms with E-state index in [9.17, 15) is 4.79 Å². The van der Waals surface area contributed by atoms with E-state index in [1.807, 2.05) is 18.2 Å². The Hall–Kier alpha value is -2.30. The predicted molar refractivity (Wildman–Crippen MR) is 87.6 cm³/mol. The molecule has 22 heavy (non-hydrogen) atoms. The molecule has 5 heteroatoms. The highest BCUT2D eigenvalue weighted by Gasteiger charge is 2.16. The van der Waals surface area contributed by atoms with Crippen molar-refractivity contribution in [1.82, 2.24) is 4.98 Å². The van der Waals surface area contributed by atoms with E-state index in [2.05, 4.69) is 17.2 Å². The second-order valence-electron chi connectivity index (χ2n) is 4.92. The first-order valence-electron chi connectivity index (χ1n) is 7.60. The third kappa shape index (κ3) is 3.47. The summed E-state index contributed by atoms with van der Waals surface area (Å²) >= 11 is 0. The van der Waals surface area contributed by atoms with E-state index in [1.54, 1.807) is 20.1 Å². The van der Waals surface area contributed by atoms with Gasteiger partial charge in [-0.05, 0) is 25.5 Å². The number of anilines is 1. The number of nitrogens with zero attached hydrogens (tertiary/aromatic N) is 1. The van der Waals surface area contributed by atoms with Crippen LogP contribution in [0.25, 0.3) is 10.9 Å². The van der Waals surface area contributed by atoms with Crippen molar-refractivity contribution in [2.45, 2.75) is 26.7 Å². The molecule has 0 bridgehead atoms. The fraction of sp³-hybridized carbons (Fsp3) is 0.412. The van der Waals surface area contributed by atoms with Crippen LogP contribution in [-0.4, -0.2) is 31.2 Å². The van der Waals surface area contributed by atoms with E-state index in [1.165, 1.54) is 0 Å². The van der Waals surface area contributed by atoms with Crippen molar-refractivity contribution < 1.29 is 14.3 Å². The van der Waals surface area contributed by atoms with Crippen molar-refractivity contribution in [2.24, 2.45) is 0 Å². The standard InChI is InChI=1S/C17H22N2O3/c1-4-6-10-18-16-13(17(20)22-5-2)11-12-8-7-9-14(21-3)15(12)19-16/h7-9,11H,4-6,10H2,1-3H3,(H,18,19). The first kappa shape index (κ1) is 16.1. The summed E-state index contributed by atoms with van der Waals surface area (Å²) in [5.74, 6) is 0.870. The number of rotatable bonds is 7. The minimum absolute atomic E-state index is 0.337. The van der Waals surface area contributed by atoms with Crippen molar-refractivity contribution in [1.29, 1.82) is 0 Å². The number of pyridine rings is 1. The van der Waals surface area contributed by atoms with Gasteiger partial charge in [0.15, 0.2) is 0 Å². The van der Waals surface area contributed by atoms with Crippen molar-refractivity contribution in [3.05, 3.63) is 29.8 Å². The van der Waals surface area contributed by atoms with Crippen molar-refractivity contribution in [2.75, 3.05) is 25.6 Å². The number of ether oxygens (including phenoxy) is 2. The summed E-state index contributed by atoms with van der Waals surface area (Å²) < 4.78 is 10.5. The number of para-hydroxylation sites is 1. The van der Waals surface area contributed by atoms with Gasteiger partial charge in [0.1, 0.15) is 22.6 Å². The van der Waals surface area contributed by atoms with Crippen LogP contribution in [0.1, 0.15) is 37.0 Å². The Morgan fingerprint density at radius 3 is 2.82 bits per heavy atom. The lowest BCUT2D eigenvalue weighted by atomic mass is 10.1. The van der Waals surface area contributed by atoms with Gasteiger partial charge in [0, 0.05) is 11.9 Å². The number of methoxy groups -OCH3 is 1. The van der Waals surface area contributed by atoms with Crippen molar-refractivity contribution >= 4 is 22.7 Å². The monoisotopic (exact) mass is 302 g/mol. The van der Waals surface area contributed by atoms with Crippen LogP contribution in [0.3, 0.4) is 0 Å². The van der Waals surface area contributed by atoms with Gasteiger partial charge in [-0.3, -0.25) is 0 Å². The number of unbranched alkanes of at least 4 members (excludes halogenated alkanes) is 1. The van der Waals surface area contributed by atoms with Crippen LogP contribution < -0.4 is 10.1 Å². The highest BCUT2D eigenvalue weighted by molar-refractivity contribution is 6.00. The Bertz CT molecular complexity index is 656. The molecule has 0 saturated heterocycles. The van der Waals surface area contributed by atoms with E-state index < -0.39 is 0 Å². The van der Waals surface area contributed by atoms with Gasteiger partial charge in [-0.1, -0.05) is 25.5 Å². The average molecular weight is 302 g/mol. The van der Waals surface area contributed by atoms with Crippen LogP contribution in [0.5, 0.6) is 5.75 Å². The van der Waals surface area contributed by atoms with E-state index in [0.717, 1.165) is 30.3 Å². The molecular formula is C17H22N2O3. The first-order chi connectivity index (χ1) is 10.7. The van der Waals surface area contributed by atoms with Crippen LogP contribution in [0.15, 0.2) is 24.3 Å². The fourth-order valence-electron chi connectivity index (χ4n) is 2.22. The van der Waals surface area contributed by atoms with Crippen LogP contribution in [0.4, 0.5) is 5.82 Å². The SMILES string of the molecule is CCCCNc1nc2c(OC)cccc2cc1C(=O)OCC. The lowest BCUT2D eigenvalue weighted by molar-refractivity contribution is 0.0527. The molecule has 1 heterocycles. The molecule has 2 rings (SSSR count). The number of carbonyl (C=O) groups excluding carboxylic acids is 1. The summed E-state index contributed by atoms with van der Waals surface area (Å²) in [4.78, 5) is 16.7. The van der Waals surface area contributed by atoms with Gasteiger partial charge in [0.25, 0.3) is 0 Å². The third-order valence-corrected chi connectivity index (χ3v) is 3.35. The third-order valence-electron chi connectivity index (χ3n) is 3.35. The maximum atomic E-state index is 12.2. The number of hydrogen-bond acceptors (Lipinski definition) is 5. The zero-order chi connectivity index (χ0) is 15.9. The van der Waals surface area contributed by atoms with Gasteiger partial charge in [-0.25, -0.2) is 9.78 Å². The molecule has 0 atom stereocenters. The molecule has 0 aliphatic heterocycles. The molecule has 118 valence electrons. The maximum absolute atomic E-state index is 12.2. The molecule has 0 aliphatic carbocycles. The Balaban J connectivity index is 2.49. The molecule has 5 nitrogen and oxygen atoms in total. The van der Waals surface area contributed by atoms with Crippen molar-refractivity contribution in [3.63, 3.8) is 0 Å². The Labute approximate surface area is 130 Å². The van der Waals surface area contributed by atoms with Crippen LogP contribution >= 0.6 is 0 Å². The van der Waals surface area contributed by atoms with Gasteiger partial charge in [-0.15, -0.1) is 0 Å². The number of nitrogens with one attached hydrogen (secondary N) is 1. The lowest BCUT2D eigenvalue weighted by Gasteiger charge is -2.13. The van der Waals surface area contributed by atoms with Gasteiger partial charge >= 0.3 is 5.97 Å². The summed E-state index contributed by atoms with van der Waals surface area (Å²) in [5, 5.41) is 4.08. The molecule has 0 spiro atoms. The van der Waals surface area contributed by atoms with E-state index in [0.29, 0.717) is 23.7 Å². The molecule has 0 unspecified atom stereocenters. The number of benzene rings is 1. The molecule has 0 aliphatic rings. The summed E-state index contributed by atoms with van der Waals surface area (Å²) in [6, 6.07) is 7.44. The van der Waals surface area contributed by atoms with Gasteiger partial charge in [-0.2, -0.15) is 0 Å². The van der Waals surface area contributed by atoms with Gasteiger partial charge in [0.2, 0.25) is 0 Å². The van der Waals surface area contributed by atoms with E-state index in [-0.39, 0.29) is 5.97 Å². The number of carbonyl (C=O) groups is 1. The molecular weight excluding hydrogens is 280 g/mol. The number of esters is 1. The highest BCUT2D eigenvalue weighted by Crippen LogP contribution is 2.28. The van der Waals surface area contributed by atoms with E-state index in [4.69, 9.17) is 9.47 Å². The molecule has 0 amide bonds. The van der Waals surface area contributed by atoms with Crippen molar-refractivity contribution in [3.8, 4) is 5.75 Å². The predicted octanol–water partition coefficient (Wildman–Crippen LogP) is 3.63. The first-order valence-corrected chi connectivity index (χ1v) is 7.60. The molecule has 0 saturated carbocycles. The molecule has 1 aromatic carbocycles. The summed E-state index contributed by atoms with van der Waals surface area (Å²) in [6.45, 7) is 5.00. The Kier molecular flexibility index (Phi) is 5.58. The minimum Gasteiger partial charge on any atom is -0.494 e. The molecule has 2 aromatic rings. The zero-order valence-corrected chi connectivity index (χ0v) is 13.3. The normalized spacial score (nSPS) is 10.5. The summed E-state index contributed by atoms with van der Waals surface area (Å²) in [7, 11) is 1.61. The molecule has 1 N–H and O–H groups in total. The highest BCUT2D eigenvalue weighted by atomic mass is 16.5. The molecule has 0 radical (unpaired) electrons. The van der Waals surface area contributed by atoms with Gasteiger partial charge < -0.3 is 14.8 Å². The maximum Gasteiger partial charge on any atom is 0.341 e. The second kappa shape index (κ2) is 7.64. The van der Waals surface area contributed by atoms with Crippen LogP contribution in [0, 0.1) is 0 Å². The molecule has 0 fully saturated rings. The van der Waals surface area contributed by atoms with Crippen LogP contribution in [0.2, 0.25) is 0 Å². The van der Waals surface area contributed by atoms with E-state index >= 15 is 0 Å². The Morgan fingerprint density at radius 1 is 1.32 bits per heavy atom. The summed E-state index contributed by atoms with van der Waals surface area (Å²) in [6.07, 6.45) is 2.08. The quantitative estimate of drug-likeness (QED) is 0.625. The Morgan fingerprint density at radius 2 is 2.14 bits per heavy atom. The topological polar surface area (TPSA) is 60.5 Å². The number of hydrogen-bond donors (Lipinski definition) is 1. The van der Waals surface area contributed by atoms with Crippen LogP contribution in [-0.2, 0) is 4.74 Å². The smallest absolute Gasteiger partial charge is 0.341 e. The number of fused-ring (bicyclic) bond motifs is 1. The largest absolute Gasteiger partial charge is 0.494 e. The molecule has 1 aromatic heterocycles. The minimum atomic E-state index is -0.362.